The van der Waals surface area contributed by atoms with Gasteiger partial charge >= 0.3 is 5.97 Å². The molecule has 0 N–H and O–H groups in total. The van der Waals surface area contributed by atoms with E-state index in [4.69, 9.17) is 9.15 Å². The van der Waals surface area contributed by atoms with E-state index in [1.807, 2.05) is 49.4 Å². The summed E-state index contributed by atoms with van der Waals surface area (Å²) >= 11 is 0. The second-order valence-corrected chi connectivity index (χ2v) is 7.12. The zero-order valence-corrected chi connectivity index (χ0v) is 16.7. The average molecular weight is 400 g/mol. The predicted octanol–water partition coefficient (Wildman–Crippen LogP) is 4.98. The third-order valence-corrected chi connectivity index (χ3v) is 4.99. The number of fused-ring (bicyclic) bond motifs is 1. The molecule has 2 aromatic carbocycles. The molecular weight excluding hydrogens is 380 g/mol. The third kappa shape index (κ3) is 3.50. The molecule has 0 unspecified atom stereocenters. The normalized spacial score (nSPS) is 13.1. The third-order valence-electron chi connectivity index (χ3n) is 4.99. The molecular formula is C25H20O5. The van der Waals surface area contributed by atoms with Crippen molar-refractivity contribution in [1.29, 1.82) is 0 Å². The number of ether oxygens (including phenoxy) is 1. The molecule has 0 bridgehead atoms. The molecule has 0 atom stereocenters. The molecule has 5 heteroatoms. The van der Waals surface area contributed by atoms with Crippen LogP contribution in [0.1, 0.15) is 49.3 Å². The summed E-state index contributed by atoms with van der Waals surface area (Å²) in [5, 5.41) is 0. The fourth-order valence-electron chi connectivity index (χ4n) is 3.54. The minimum atomic E-state index is -0.755. The Kier molecular flexibility index (Phi) is 5.19. The number of aryl methyl sites for hydroxylation is 1. The zero-order chi connectivity index (χ0) is 21.3. The first-order valence-electron chi connectivity index (χ1n) is 9.74. The number of ketones is 2. The van der Waals surface area contributed by atoms with Crippen molar-refractivity contribution in [1.82, 2.24) is 0 Å². The largest absolute Gasteiger partial charge is 0.460 e. The van der Waals surface area contributed by atoms with Gasteiger partial charge in [0, 0.05) is 17.6 Å². The van der Waals surface area contributed by atoms with Crippen molar-refractivity contribution >= 4 is 17.5 Å². The monoisotopic (exact) mass is 400 g/mol. The molecule has 1 aliphatic rings. The van der Waals surface area contributed by atoms with E-state index in [0.29, 0.717) is 11.1 Å². The summed E-state index contributed by atoms with van der Waals surface area (Å²) in [7, 11) is 0. The van der Waals surface area contributed by atoms with E-state index in [2.05, 4.69) is 0 Å². The van der Waals surface area contributed by atoms with Crippen LogP contribution in [0.25, 0.3) is 11.3 Å². The van der Waals surface area contributed by atoms with Gasteiger partial charge < -0.3 is 9.15 Å². The number of allylic oxidation sites excluding steroid dienone is 2. The highest BCUT2D eigenvalue weighted by Gasteiger charge is 2.38. The van der Waals surface area contributed by atoms with Crippen LogP contribution in [0, 0.1) is 6.92 Å². The number of furan rings is 1. The van der Waals surface area contributed by atoms with E-state index < -0.39 is 11.8 Å². The summed E-state index contributed by atoms with van der Waals surface area (Å²) in [6.07, 6.45) is 1.64. The van der Waals surface area contributed by atoms with Crippen molar-refractivity contribution in [3.05, 3.63) is 94.3 Å². The molecule has 0 amide bonds. The Balaban J connectivity index is 1.84. The second-order valence-electron chi connectivity index (χ2n) is 7.12. The van der Waals surface area contributed by atoms with E-state index in [1.54, 1.807) is 19.1 Å². The van der Waals surface area contributed by atoms with Crippen LogP contribution in [0.3, 0.4) is 0 Å². The van der Waals surface area contributed by atoms with Gasteiger partial charge in [0.2, 0.25) is 5.76 Å². The lowest BCUT2D eigenvalue weighted by molar-refractivity contribution is 0.0487. The maximum atomic E-state index is 13.3. The predicted molar refractivity (Wildman–Crippen MR) is 112 cm³/mol. The second kappa shape index (κ2) is 7.95. The molecule has 1 heterocycles. The molecule has 5 nitrogen and oxygen atoms in total. The Morgan fingerprint density at radius 3 is 2.33 bits per heavy atom. The van der Waals surface area contributed by atoms with Gasteiger partial charge in [-0.15, -0.1) is 0 Å². The molecule has 150 valence electrons. The van der Waals surface area contributed by atoms with Crippen molar-refractivity contribution in [2.45, 2.75) is 20.3 Å². The van der Waals surface area contributed by atoms with Crippen LogP contribution < -0.4 is 0 Å². The Labute approximate surface area is 174 Å². The van der Waals surface area contributed by atoms with Crippen LogP contribution in [-0.4, -0.2) is 24.1 Å². The van der Waals surface area contributed by atoms with Crippen molar-refractivity contribution < 1.29 is 23.5 Å². The highest BCUT2D eigenvalue weighted by molar-refractivity contribution is 6.28. The molecule has 0 saturated heterocycles. The highest BCUT2D eigenvalue weighted by atomic mass is 16.5. The maximum Gasteiger partial charge on any atom is 0.375 e. The van der Waals surface area contributed by atoms with Gasteiger partial charge in [-0.2, -0.15) is 0 Å². The summed E-state index contributed by atoms with van der Waals surface area (Å²) in [5.41, 5.74) is 2.98. The van der Waals surface area contributed by atoms with Gasteiger partial charge in [0.25, 0.3) is 0 Å². The van der Waals surface area contributed by atoms with Gasteiger partial charge in [-0.3, -0.25) is 9.59 Å². The topological polar surface area (TPSA) is 73.6 Å². The van der Waals surface area contributed by atoms with Crippen LogP contribution in [0.2, 0.25) is 0 Å². The molecule has 0 fully saturated rings. The molecule has 3 aromatic rings. The lowest BCUT2D eigenvalue weighted by atomic mass is 9.86. The average Bonchev–Trinajstić information content (AvgIpc) is 3.15. The lowest BCUT2D eigenvalue weighted by Crippen LogP contribution is -2.20. The number of esters is 1. The molecule has 0 spiro atoms. The van der Waals surface area contributed by atoms with Crippen LogP contribution in [0.4, 0.5) is 0 Å². The van der Waals surface area contributed by atoms with E-state index in [1.165, 1.54) is 6.08 Å². The highest BCUT2D eigenvalue weighted by Crippen LogP contribution is 2.37. The standard InChI is InChI=1S/C25H20O5/c1-3-29-25(28)24-21-20(23(30-24)17-11-9-15(2)10-12-17)19(26)14-18(22(21)27)13-16-7-5-4-6-8-16/h4-12,14H,3,13H2,1-2H3. The smallest absolute Gasteiger partial charge is 0.375 e. The van der Waals surface area contributed by atoms with Crippen LogP contribution in [0.15, 0.2) is 70.7 Å². The van der Waals surface area contributed by atoms with Crippen LogP contribution in [0.5, 0.6) is 0 Å². The van der Waals surface area contributed by atoms with E-state index in [-0.39, 0.29) is 41.5 Å². The van der Waals surface area contributed by atoms with Gasteiger partial charge in [0.05, 0.1) is 17.7 Å². The number of hydrogen-bond acceptors (Lipinski definition) is 5. The van der Waals surface area contributed by atoms with Gasteiger partial charge in [-0.05, 0) is 25.5 Å². The molecule has 4 rings (SSSR count). The van der Waals surface area contributed by atoms with E-state index in [9.17, 15) is 14.4 Å². The molecule has 1 aliphatic carbocycles. The van der Waals surface area contributed by atoms with Crippen molar-refractivity contribution in [2.75, 3.05) is 6.61 Å². The van der Waals surface area contributed by atoms with Gasteiger partial charge in [-0.1, -0.05) is 60.2 Å². The summed E-state index contributed by atoms with van der Waals surface area (Å²) in [6.45, 7) is 3.74. The first-order chi connectivity index (χ1) is 14.5. The number of Topliss-reactive ketones (excluding diaryl/α,β-unsaturated/α-hetero) is 1. The number of rotatable bonds is 5. The van der Waals surface area contributed by atoms with Gasteiger partial charge in [-0.25, -0.2) is 4.79 Å². The first-order valence-corrected chi connectivity index (χ1v) is 9.74. The molecule has 1 aromatic heterocycles. The Morgan fingerprint density at radius 2 is 1.67 bits per heavy atom. The quantitative estimate of drug-likeness (QED) is 0.565. The fraction of sp³-hybridized carbons (Fsp3) is 0.160. The van der Waals surface area contributed by atoms with E-state index >= 15 is 0 Å². The Hall–Kier alpha value is -3.73. The SMILES string of the molecule is CCOC(=O)c1oc(-c2ccc(C)cc2)c2c1C(=O)C(Cc1ccccc1)=CC2=O. The molecule has 0 saturated carbocycles. The van der Waals surface area contributed by atoms with Crippen LogP contribution in [-0.2, 0) is 11.2 Å². The Morgan fingerprint density at radius 1 is 0.967 bits per heavy atom. The number of hydrogen-bond donors (Lipinski definition) is 0. The minimum absolute atomic E-state index is 0.0116. The molecule has 30 heavy (non-hydrogen) atoms. The lowest BCUT2D eigenvalue weighted by Gasteiger charge is -2.13. The number of benzene rings is 2. The summed E-state index contributed by atoms with van der Waals surface area (Å²) in [5.74, 6) is -1.51. The van der Waals surface area contributed by atoms with Crippen molar-refractivity contribution in [3.8, 4) is 11.3 Å². The summed E-state index contributed by atoms with van der Waals surface area (Å²) in [4.78, 5) is 38.9. The van der Waals surface area contributed by atoms with Crippen molar-refractivity contribution in [3.63, 3.8) is 0 Å². The number of carbonyl (C=O) groups excluding carboxylic acids is 3. The molecule has 0 radical (unpaired) electrons. The van der Waals surface area contributed by atoms with Crippen LogP contribution >= 0.6 is 0 Å². The van der Waals surface area contributed by atoms with Gasteiger partial charge in [0.1, 0.15) is 5.76 Å². The summed E-state index contributed by atoms with van der Waals surface area (Å²) < 4.78 is 10.9. The summed E-state index contributed by atoms with van der Waals surface area (Å²) in [6, 6.07) is 16.7. The van der Waals surface area contributed by atoms with E-state index in [0.717, 1.165) is 11.1 Å². The first kappa shape index (κ1) is 19.6. The zero-order valence-electron chi connectivity index (χ0n) is 16.7. The fourth-order valence-corrected chi connectivity index (χ4v) is 3.54. The molecule has 0 aliphatic heterocycles. The number of carbonyl (C=O) groups is 3. The van der Waals surface area contributed by atoms with Gasteiger partial charge in [0.15, 0.2) is 11.6 Å². The Bertz CT molecular complexity index is 1160. The van der Waals surface area contributed by atoms with Crippen molar-refractivity contribution in [2.24, 2.45) is 0 Å². The minimum Gasteiger partial charge on any atom is -0.460 e. The maximum absolute atomic E-state index is 13.3.